The number of nitrogens with zero attached hydrogens (tertiary/aromatic N) is 1. The summed E-state index contributed by atoms with van der Waals surface area (Å²) in [6.45, 7) is 4.29. The van der Waals surface area contributed by atoms with Crippen LogP contribution in [0.2, 0.25) is 0 Å². The number of hydrogen-bond acceptors (Lipinski definition) is 4. The first kappa shape index (κ1) is 13.7. The quantitative estimate of drug-likeness (QED) is 0.563. The Morgan fingerprint density at radius 2 is 2.06 bits per heavy atom. The summed E-state index contributed by atoms with van der Waals surface area (Å²) in [4.78, 5) is 28.1. The lowest BCUT2D eigenvalue weighted by molar-refractivity contribution is -0.144. The number of nitrogens with one attached hydrogen (secondary N) is 2. The van der Waals surface area contributed by atoms with Gasteiger partial charge in [0.1, 0.15) is 0 Å². The Morgan fingerprint density at radius 1 is 1.41 bits per heavy atom. The van der Waals surface area contributed by atoms with E-state index in [9.17, 15) is 9.59 Å². The van der Waals surface area contributed by atoms with Crippen molar-refractivity contribution in [2.75, 3.05) is 26.2 Å². The van der Waals surface area contributed by atoms with Crippen molar-refractivity contribution < 1.29 is 19.5 Å². The Kier molecular flexibility index (Phi) is 5.71. The van der Waals surface area contributed by atoms with Crippen LogP contribution >= 0.6 is 0 Å². The molecule has 0 aromatic rings. The van der Waals surface area contributed by atoms with Crippen LogP contribution in [-0.2, 0) is 9.63 Å². The Labute approximate surface area is 100 Å². The lowest BCUT2D eigenvalue weighted by atomic mass is 10.3. The van der Waals surface area contributed by atoms with E-state index in [1.54, 1.807) is 0 Å². The topological polar surface area (TPSA) is 90.9 Å². The maximum atomic E-state index is 11.3. The van der Waals surface area contributed by atoms with E-state index in [2.05, 4.69) is 15.1 Å². The van der Waals surface area contributed by atoms with Gasteiger partial charge < -0.3 is 15.3 Å². The number of hydrogen-bond donors (Lipinski definition) is 3. The maximum Gasteiger partial charge on any atom is 0.338 e. The molecule has 0 aromatic heterocycles. The molecule has 1 unspecified atom stereocenters. The van der Waals surface area contributed by atoms with Crippen molar-refractivity contribution in [3.05, 3.63) is 0 Å². The summed E-state index contributed by atoms with van der Waals surface area (Å²) in [5, 5.41) is 11.0. The molecular weight excluding hydrogens is 226 g/mol. The van der Waals surface area contributed by atoms with Gasteiger partial charge in [-0.2, -0.15) is 0 Å². The highest BCUT2D eigenvalue weighted by atomic mass is 16.7. The van der Waals surface area contributed by atoms with Crippen LogP contribution in [0.25, 0.3) is 0 Å². The monoisotopic (exact) mass is 245 g/mol. The zero-order chi connectivity index (χ0) is 12.7. The standard InChI is InChI=1S/C10H19N3O4/c1-8(6-13-4-2-3-5-13)11-10(16)12-17-7-9(14)15/h8H,2-7H2,1H3,(H,14,15)(H2,11,12,16). The van der Waals surface area contributed by atoms with Crippen LogP contribution in [0.15, 0.2) is 0 Å². The highest BCUT2D eigenvalue weighted by molar-refractivity contribution is 5.73. The minimum Gasteiger partial charge on any atom is -0.479 e. The molecule has 7 nitrogen and oxygen atoms in total. The molecule has 0 radical (unpaired) electrons. The SMILES string of the molecule is CC(CN1CCCC1)NC(=O)NOCC(=O)O. The van der Waals surface area contributed by atoms with Gasteiger partial charge in [-0.05, 0) is 32.9 Å². The molecule has 0 aromatic carbocycles. The fourth-order valence-electron chi connectivity index (χ4n) is 1.81. The highest BCUT2D eigenvalue weighted by Gasteiger charge is 2.15. The molecule has 3 N–H and O–H groups in total. The van der Waals surface area contributed by atoms with Crippen LogP contribution in [0.3, 0.4) is 0 Å². The van der Waals surface area contributed by atoms with E-state index in [-0.39, 0.29) is 6.04 Å². The van der Waals surface area contributed by atoms with E-state index in [1.807, 2.05) is 12.4 Å². The van der Waals surface area contributed by atoms with E-state index in [0.717, 1.165) is 19.6 Å². The largest absolute Gasteiger partial charge is 0.479 e. The molecule has 1 heterocycles. The number of carbonyl (C=O) groups is 2. The third kappa shape index (κ3) is 6.08. The lowest BCUT2D eigenvalue weighted by Crippen LogP contribution is -2.45. The zero-order valence-corrected chi connectivity index (χ0v) is 9.94. The molecule has 1 aliphatic rings. The second kappa shape index (κ2) is 7.08. The van der Waals surface area contributed by atoms with Crippen LogP contribution < -0.4 is 10.8 Å². The molecule has 0 saturated carbocycles. The van der Waals surface area contributed by atoms with Crippen LogP contribution in [0, 0.1) is 0 Å². The summed E-state index contributed by atoms with van der Waals surface area (Å²) in [5.41, 5.74) is 2.02. The molecule has 1 atom stereocenters. The van der Waals surface area contributed by atoms with Crippen LogP contribution in [-0.4, -0.2) is 54.3 Å². The second-order valence-corrected chi connectivity index (χ2v) is 4.17. The van der Waals surface area contributed by atoms with E-state index in [1.165, 1.54) is 12.8 Å². The molecule has 0 aliphatic carbocycles. The Morgan fingerprint density at radius 3 is 2.65 bits per heavy atom. The minimum atomic E-state index is -1.13. The number of urea groups is 1. The predicted octanol–water partition coefficient (Wildman–Crippen LogP) is -0.214. The number of likely N-dealkylation sites (tertiary alicyclic amines) is 1. The van der Waals surface area contributed by atoms with E-state index in [4.69, 9.17) is 5.11 Å². The fraction of sp³-hybridized carbons (Fsp3) is 0.800. The maximum absolute atomic E-state index is 11.3. The van der Waals surface area contributed by atoms with Crippen LogP contribution in [0.1, 0.15) is 19.8 Å². The lowest BCUT2D eigenvalue weighted by Gasteiger charge is -2.21. The van der Waals surface area contributed by atoms with Gasteiger partial charge in [0, 0.05) is 12.6 Å². The van der Waals surface area contributed by atoms with Crippen LogP contribution in [0.5, 0.6) is 0 Å². The van der Waals surface area contributed by atoms with Gasteiger partial charge in [-0.15, -0.1) is 0 Å². The number of hydroxylamine groups is 1. The minimum absolute atomic E-state index is 0.00141. The molecule has 1 aliphatic heterocycles. The molecule has 1 rings (SSSR count). The molecule has 2 amide bonds. The Hall–Kier alpha value is -1.34. The summed E-state index contributed by atoms with van der Waals surface area (Å²) in [6.07, 6.45) is 2.42. The van der Waals surface area contributed by atoms with E-state index >= 15 is 0 Å². The average Bonchev–Trinajstić information content (AvgIpc) is 2.69. The molecule has 7 heteroatoms. The molecule has 17 heavy (non-hydrogen) atoms. The third-order valence-corrected chi connectivity index (χ3v) is 2.47. The van der Waals surface area contributed by atoms with Crippen molar-refractivity contribution in [2.24, 2.45) is 0 Å². The van der Waals surface area contributed by atoms with Crippen molar-refractivity contribution in [3.63, 3.8) is 0 Å². The van der Waals surface area contributed by atoms with E-state index < -0.39 is 18.6 Å². The summed E-state index contributed by atoms with van der Waals surface area (Å²) in [7, 11) is 0. The number of amides is 2. The Balaban J connectivity index is 2.09. The van der Waals surface area contributed by atoms with Gasteiger partial charge in [-0.3, -0.25) is 4.84 Å². The van der Waals surface area contributed by atoms with Crippen molar-refractivity contribution in [1.29, 1.82) is 0 Å². The van der Waals surface area contributed by atoms with E-state index in [0.29, 0.717) is 0 Å². The van der Waals surface area contributed by atoms with Gasteiger partial charge in [-0.25, -0.2) is 15.1 Å². The highest BCUT2D eigenvalue weighted by Crippen LogP contribution is 2.07. The first-order valence-corrected chi connectivity index (χ1v) is 5.70. The molecule has 1 fully saturated rings. The summed E-state index contributed by atoms with van der Waals surface area (Å²) in [6, 6.07) is -0.514. The van der Waals surface area contributed by atoms with Crippen molar-refractivity contribution in [1.82, 2.24) is 15.7 Å². The summed E-state index contributed by atoms with van der Waals surface area (Å²) < 4.78 is 0. The first-order valence-electron chi connectivity index (χ1n) is 5.70. The van der Waals surface area contributed by atoms with Crippen LogP contribution in [0.4, 0.5) is 4.79 Å². The number of carbonyl (C=O) groups excluding carboxylic acids is 1. The third-order valence-electron chi connectivity index (χ3n) is 2.47. The number of rotatable bonds is 6. The van der Waals surface area contributed by atoms with Crippen molar-refractivity contribution >= 4 is 12.0 Å². The Bertz CT molecular complexity index is 266. The summed E-state index contributed by atoms with van der Waals surface area (Å²) >= 11 is 0. The molecular formula is C10H19N3O4. The zero-order valence-electron chi connectivity index (χ0n) is 9.94. The van der Waals surface area contributed by atoms with Gasteiger partial charge in [0.2, 0.25) is 0 Å². The second-order valence-electron chi connectivity index (χ2n) is 4.17. The molecule has 1 saturated heterocycles. The van der Waals surface area contributed by atoms with Gasteiger partial charge in [0.25, 0.3) is 0 Å². The predicted molar refractivity (Wildman–Crippen MR) is 60.4 cm³/mol. The van der Waals surface area contributed by atoms with Gasteiger partial charge in [-0.1, -0.05) is 0 Å². The molecule has 0 spiro atoms. The summed E-state index contributed by atoms with van der Waals surface area (Å²) in [5.74, 6) is -1.13. The average molecular weight is 245 g/mol. The van der Waals surface area contributed by atoms with Gasteiger partial charge in [0.05, 0.1) is 0 Å². The van der Waals surface area contributed by atoms with Gasteiger partial charge in [0.15, 0.2) is 6.61 Å². The normalized spacial score (nSPS) is 17.7. The van der Waals surface area contributed by atoms with Gasteiger partial charge >= 0.3 is 12.0 Å². The number of carboxylic acids is 1. The fourth-order valence-corrected chi connectivity index (χ4v) is 1.81. The molecule has 0 bridgehead atoms. The number of carboxylic acid groups (broad SMARTS) is 1. The molecule has 98 valence electrons. The smallest absolute Gasteiger partial charge is 0.338 e. The number of aliphatic carboxylic acids is 1. The van der Waals surface area contributed by atoms with Crippen molar-refractivity contribution in [2.45, 2.75) is 25.8 Å². The van der Waals surface area contributed by atoms with Crippen molar-refractivity contribution in [3.8, 4) is 0 Å². The first-order chi connectivity index (χ1) is 8.08.